The molecule has 30 heavy (non-hydrogen) atoms. The average molecular weight is 440 g/mol. The van der Waals surface area contributed by atoms with Crippen LogP contribution in [0.4, 0.5) is 4.79 Å². The van der Waals surface area contributed by atoms with Crippen LogP contribution in [0.3, 0.4) is 0 Å². The van der Waals surface area contributed by atoms with Crippen LogP contribution in [0.2, 0.25) is 0 Å². The van der Waals surface area contributed by atoms with Crippen LogP contribution in [0.15, 0.2) is 24.3 Å². The summed E-state index contributed by atoms with van der Waals surface area (Å²) in [7, 11) is 3.33. The first kappa shape index (κ1) is 24.6. The molecule has 1 atom stereocenters. The summed E-state index contributed by atoms with van der Waals surface area (Å²) >= 11 is 1.04. The van der Waals surface area contributed by atoms with Crippen molar-refractivity contribution in [3.05, 3.63) is 52.1 Å². The summed E-state index contributed by atoms with van der Waals surface area (Å²) in [5, 5.41) is 1.65. The van der Waals surface area contributed by atoms with E-state index >= 15 is 0 Å². The second-order valence-electron chi connectivity index (χ2n) is 6.94. The van der Waals surface area contributed by atoms with Crippen molar-refractivity contribution in [2.45, 2.75) is 39.0 Å². The molecule has 0 saturated carbocycles. The van der Waals surface area contributed by atoms with Crippen molar-refractivity contribution in [3.8, 4) is 17.2 Å². The van der Waals surface area contributed by atoms with Gasteiger partial charge in [-0.3, -0.25) is 14.9 Å². The van der Waals surface area contributed by atoms with Crippen molar-refractivity contribution in [1.82, 2.24) is 5.32 Å². The number of hydrogen-bond acceptors (Lipinski definition) is 6. The van der Waals surface area contributed by atoms with E-state index in [0.29, 0.717) is 18.8 Å². The van der Waals surface area contributed by atoms with Crippen molar-refractivity contribution < 1.29 is 23.8 Å². The number of amides is 2. The van der Waals surface area contributed by atoms with Gasteiger partial charge in [0.25, 0.3) is 5.24 Å². The fourth-order valence-electron chi connectivity index (χ4n) is 3.53. The van der Waals surface area contributed by atoms with Gasteiger partial charge in [-0.1, -0.05) is 23.9 Å². The van der Waals surface area contributed by atoms with Crippen molar-refractivity contribution in [2.24, 2.45) is 0 Å². The van der Waals surface area contributed by atoms with E-state index in [-0.39, 0.29) is 46.0 Å². The van der Waals surface area contributed by atoms with Gasteiger partial charge in [0.05, 0.1) is 19.5 Å². The van der Waals surface area contributed by atoms with Gasteiger partial charge in [-0.2, -0.15) is 0 Å². The predicted molar refractivity (Wildman–Crippen MR) is 120 cm³/mol. The molecule has 2 aromatic carbocycles. The first-order chi connectivity index (χ1) is 13.8. The van der Waals surface area contributed by atoms with Crippen molar-refractivity contribution in [2.75, 3.05) is 14.2 Å². The molecule has 1 N–H and O–H groups in total. The van der Waals surface area contributed by atoms with Gasteiger partial charge < -0.3 is 14.2 Å². The molecule has 8 heteroatoms. The van der Waals surface area contributed by atoms with E-state index < -0.39 is 0 Å². The van der Waals surface area contributed by atoms with E-state index in [0.717, 1.165) is 51.1 Å². The maximum absolute atomic E-state index is 11.7. The van der Waals surface area contributed by atoms with E-state index in [9.17, 15) is 9.59 Å². The Morgan fingerprint density at radius 1 is 0.933 bits per heavy atom. The molecule has 3 rings (SSSR count). The normalized spacial score (nSPS) is 15.4. The van der Waals surface area contributed by atoms with Gasteiger partial charge in [0.2, 0.25) is 5.91 Å². The van der Waals surface area contributed by atoms with Gasteiger partial charge in [0.1, 0.15) is 23.9 Å². The molecule has 2 aromatic rings. The van der Waals surface area contributed by atoms with E-state index in [4.69, 9.17) is 14.2 Å². The molecule has 0 radical (unpaired) electrons. The summed E-state index contributed by atoms with van der Waals surface area (Å²) in [5.74, 6) is 2.14. The Labute approximate surface area is 203 Å². The topological polar surface area (TPSA) is 73.9 Å². The number of rotatable bonds is 7. The molecule has 6 nitrogen and oxygen atoms in total. The zero-order valence-electron chi connectivity index (χ0n) is 17.3. The molecule has 1 heterocycles. The molecule has 0 bridgehead atoms. The standard InChI is InChI=1S/C22H25NO5S.Na.H/c1-12-13(2)20(27-5)17(14(3)19(12)26-4)11-28-16-8-6-15(7-9-16)10-18-21(24)23-22(25)29-18;;/h6-9,18H,10-11H2,1-5H3,(H,23,24,25);;. The van der Waals surface area contributed by atoms with E-state index in [1.165, 1.54) is 0 Å². The number of carbonyl (C=O) groups is 2. The van der Waals surface area contributed by atoms with Crippen molar-refractivity contribution >= 4 is 52.5 Å². The zero-order valence-corrected chi connectivity index (χ0v) is 18.1. The average Bonchev–Trinajstić information content (AvgIpc) is 3.02. The molecule has 1 saturated heterocycles. The van der Waals surface area contributed by atoms with Crippen LogP contribution in [-0.4, -0.2) is 60.2 Å². The number of thioether (sulfide) groups is 1. The van der Waals surface area contributed by atoms with Gasteiger partial charge in [-0.05, 0) is 56.0 Å². The number of carbonyl (C=O) groups excluding carboxylic acids is 2. The molecule has 0 aromatic heterocycles. The third kappa shape index (κ3) is 5.14. The molecule has 156 valence electrons. The third-order valence-electron chi connectivity index (χ3n) is 5.21. The molecule has 1 aliphatic heterocycles. The number of methoxy groups -OCH3 is 2. The van der Waals surface area contributed by atoms with E-state index in [2.05, 4.69) is 5.32 Å². The van der Waals surface area contributed by atoms with Crippen molar-refractivity contribution in [3.63, 3.8) is 0 Å². The Hall–Kier alpha value is -1.67. The summed E-state index contributed by atoms with van der Waals surface area (Å²) in [6.07, 6.45) is 0.504. The van der Waals surface area contributed by atoms with Crippen LogP contribution in [0.1, 0.15) is 27.8 Å². The molecular formula is C22H26NNaO5S. The summed E-state index contributed by atoms with van der Waals surface area (Å²) in [4.78, 5) is 23.0. The summed E-state index contributed by atoms with van der Waals surface area (Å²) < 4.78 is 17.2. The fraction of sp³-hybridized carbons (Fsp3) is 0.364. The summed E-state index contributed by atoms with van der Waals surface area (Å²) in [6.45, 7) is 6.38. The molecule has 1 aliphatic rings. The second kappa shape index (κ2) is 10.6. The molecule has 0 spiro atoms. The van der Waals surface area contributed by atoms with Gasteiger partial charge in [-0.25, -0.2) is 0 Å². The van der Waals surface area contributed by atoms with Crippen LogP contribution in [0.5, 0.6) is 17.2 Å². The second-order valence-corrected chi connectivity index (χ2v) is 8.12. The van der Waals surface area contributed by atoms with Crippen LogP contribution in [0.25, 0.3) is 0 Å². The molecule has 1 fully saturated rings. The molecule has 1 unspecified atom stereocenters. The van der Waals surface area contributed by atoms with Gasteiger partial charge in [0.15, 0.2) is 0 Å². The first-order valence-corrected chi connectivity index (χ1v) is 10.2. The minimum atomic E-state index is -0.371. The van der Waals surface area contributed by atoms with Gasteiger partial charge >= 0.3 is 29.6 Å². The number of nitrogens with one attached hydrogen (secondary N) is 1. The number of imide groups is 1. The van der Waals surface area contributed by atoms with Gasteiger partial charge in [0, 0.05) is 11.1 Å². The number of ether oxygens (including phenoxy) is 3. The van der Waals surface area contributed by atoms with Gasteiger partial charge in [-0.15, -0.1) is 0 Å². The third-order valence-corrected chi connectivity index (χ3v) is 6.20. The predicted octanol–water partition coefficient (Wildman–Crippen LogP) is 3.45. The first-order valence-electron chi connectivity index (χ1n) is 9.29. The Bertz CT molecular complexity index is 946. The Morgan fingerprint density at radius 2 is 1.53 bits per heavy atom. The quantitative estimate of drug-likeness (QED) is 0.666. The Morgan fingerprint density at radius 3 is 2.07 bits per heavy atom. The summed E-state index contributed by atoms with van der Waals surface area (Å²) in [5.41, 5.74) is 5.02. The molecule has 0 aliphatic carbocycles. The molecule has 2 amide bonds. The summed E-state index contributed by atoms with van der Waals surface area (Å²) in [6, 6.07) is 7.57. The monoisotopic (exact) mass is 439 g/mol. The maximum atomic E-state index is 11.7. The Kier molecular flexibility index (Phi) is 8.67. The van der Waals surface area contributed by atoms with Crippen LogP contribution in [-0.2, 0) is 17.8 Å². The van der Waals surface area contributed by atoms with Crippen molar-refractivity contribution in [1.29, 1.82) is 0 Å². The van der Waals surface area contributed by atoms with Crippen LogP contribution < -0.4 is 19.5 Å². The number of benzene rings is 2. The fourth-order valence-corrected chi connectivity index (χ4v) is 4.39. The van der Waals surface area contributed by atoms with Crippen LogP contribution >= 0.6 is 11.8 Å². The molecular weight excluding hydrogens is 413 g/mol. The van der Waals surface area contributed by atoms with E-state index in [1.54, 1.807) is 14.2 Å². The Balaban J connectivity index is 0.00000320. The zero-order chi connectivity index (χ0) is 21.1. The SMILES string of the molecule is COc1c(C)c(C)c(OC)c(COc2ccc(CC3SC(=O)NC3=O)cc2)c1C.[NaH]. The van der Waals surface area contributed by atoms with E-state index in [1.807, 2.05) is 45.0 Å². The van der Waals surface area contributed by atoms with Crippen LogP contribution in [0, 0.1) is 20.8 Å². The number of hydrogen-bond donors (Lipinski definition) is 1. The minimum absolute atomic E-state index is 0.